The Balaban J connectivity index is 1.82. The van der Waals surface area contributed by atoms with E-state index in [4.69, 9.17) is 0 Å². The SMILES string of the molecule is CCC(c1nc[nH]c1C)N1CCc2c(C)c3ccccc3n2C1=O. The Morgan fingerprint density at radius 1 is 1.29 bits per heavy atom. The largest absolute Gasteiger partial charge is 0.348 e. The predicted octanol–water partition coefficient (Wildman–Crippen LogP) is 3.96. The minimum atomic E-state index is 0.0124. The Labute approximate surface area is 141 Å². The van der Waals surface area contributed by atoms with Crippen LogP contribution in [-0.2, 0) is 6.42 Å². The van der Waals surface area contributed by atoms with Crippen molar-refractivity contribution in [2.75, 3.05) is 6.54 Å². The zero-order chi connectivity index (χ0) is 16.8. The van der Waals surface area contributed by atoms with E-state index in [0.717, 1.165) is 42.0 Å². The summed E-state index contributed by atoms with van der Waals surface area (Å²) in [5, 5.41) is 1.17. The van der Waals surface area contributed by atoms with Crippen LogP contribution in [-0.4, -0.2) is 32.0 Å². The molecule has 1 aliphatic heterocycles. The molecular formula is C19H22N4O. The number of carbonyl (C=O) groups is 1. The van der Waals surface area contributed by atoms with Gasteiger partial charge in [0.15, 0.2) is 0 Å². The molecule has 124 valence electrons. The lowest BCUT2D eigenvalue weighted by Crippen LogP contribution is -2.43. The fraction of sp³-hybridized carbons (Fsp3) is 0.368. The van der Waals surface area contributed by atoms with E-state index in [2.05, 4.69) is 29.9 Å². The van der Waals surface area contributed by atoms with Crippen molar-refractivity contribution in [1.82, 2.24) is 19.4 Å². The van der Waals surface area contributed by atoms with E-state index in [0.29, 0.717) is 0 Å². The van der Waals surface area contributed by atoms with Gasteiger partial charge >= 0.3 is 6.03 Å². The quantitative estimate of drug-likeness (QED) is 0.793. The Hall–Kier alpha value is -2.56. The number of nitrogens with zero attached hydrogens (tertiary/aromatic N) is 3. The molecule has 1 amide bonds. The first-order chi connectivity index (χ1) is 11.6. The summed E-state index contributed by atoms with van der Waals surface area (Å²) in [4.78, 5) is 22.9. The molecule has 3 heterocycles. The summed E-state index contributed by atoms with van der Waals surface area (Å²) in [7, 11) is 0. The van der Waals surface area contributed by atoms with E-state index >= 15 is 0 Å². The normalized spacial score (nSPS) is 15.8. The number of hydrogen-bond acceptors (Lipinski definition) is 2. The fourth-order valence-electron chi connectivity index (χ4n) is 3.98. The smallest absolute Gasteiger partial charge is 0.329 e. The molecule has 0 saturated carbocycles. The van der Waals surface area contributed by atoms with Crippen LogP contribution < -0.4 is 0 Å². The number of para-hydroxylation sites is 1. The molecule has 1 atom stereocenters. The number of imidazole rings is 1. The number of aryl methyl sites for hydroxylation is 2. The van der Waals surface area contributed by atoms with Gasteiger partial charge in [-0.15, -0.1) is 0 Å². The second-order valence-electron chi connectivity index (χ2n) is 6.49. The van der Waals surface area contributed by atoms with Crippen LogP contribution in [0, 0.1) is 13.8 Å². The van der Waals surface area contributed by atoms with Gasteiger partial charge in [0.05, 0.1) is 23.6 Å². The number of benzene rings is 1. The maximum Gasteiger partial charge on any atom is 0.329 e. The number of aromatic amines is 1. The Bertz CT molecular complexity index is 921. The van der Waals surface area contributed by atoms with Crippen molar-refractivity contribution in [2.24, 2.45) is 0 Å². The highest BCUT2D eigenvalue weighted by molar-refractivity contribution is 5.96. The molecule has 0 saturated heterocycles. The Morgan fingerprint density at radius 3 is 2.79 bits per heavy atom. The molecule has 1 unspecified atom stereocenters. The van der Waals surface area contributed by atoms with Gasteiger partial charge in [0.25, 0.3) is 0 Å². The fourth-order valence-corrected chi connectivity index (χ4v) is 3.98. The lowest BCUT2D eigenvalue weighted by molar-refractivity contribution is 0.165. The third kappa shape index (κ3) is 2.00. The third-order valence-electron chi connectivity index (χ3n) is 5.23. The average Bonchev–Trinajstić information content (AvgIpc) is 3.14. The third-order valence-corrected chi connectivity index (χ3v) is 5.23. The van der Waals surface area contributed by atoms with Crippen molar-refractivity contribution in [2.45, 2.75) is 39.7 Å². The molecule has 4 rings (SSSR count). The van der Waals surface area contributed by atoms with Gasteiger partial charge in [-0.25, -0.2) is 9.78 Å². The maximum absolute atomic E-state index is 13.3. The minimum absolute atomic E-state index is 0.0124. The van der Waals surface area contributed by atoms with Gasteiger partial charge in [0.2, 0.25) is 0 Å². The van der Waals surface area contributed by atoms with Crippen molar-refractivity contribution >= 4 is 16.9 Å². The summed E-state index contributed by atoms with van der Waals surface area (Å²) < 4.78 is 1.90. The standard InChI is InChI=1S/C19H22N4O/c1-4-15(18-13(3)20-11-21-18)22-10-9-16-12(2)14-7-5-6-8-17(14)23(16)19(22)24/h5-8,11,15H,4,9-10H2,1-3H3,(H,20,21). The molecule has 1 N–H and O–H groups in total. The second-order valence-corrected chi connectivity index (χ2v) is 6.49. The molecule has 0 aliphatic carbocycles. The van der Waals surface area contributed by atoms with E-state index < -0.39 is 0 Å². The van der Waals surface area contributed by atoms with Gasteiger partial charge in [-0.3, -0.25) is 4.57 Å². The second kappa shape index (κ2) is 5.51. The van der Waals surface area contributed by atoms with Gasteiger partial charge in [-0.1, -0.05) is 25.1 Å². The van der Waals surface area contributed by atoms with Gasteiger partial charge < -0.3 is 9.88 Å². The van der Waals surface area contributed by atoms with Gasteiger partial charge in [0, 0.05) is 29.7 Å². The first-order valence-corrected chi connectivity index (χ1v) is 8.53. The predicted molar refractivity (Wildman–Crippen MR) is 94.2 cm³/mol. The van der Waals surface area contributed by atoms with Crippen LogP contribution in [0.5, 0.6) is 0 Å². The number of carbonyl (C=O) groups excluding carboxylic acids is 1. The highest BCUT2D eigenvalue weighted by atomic mass is 16.2. The number of rotatable bonds is 3. The molecule has 5 heteroatoms. The van der Waals surface area contributed by atoms with Gasteiger partial charge in [-0.2, -0.15) is 0 Å². The van der Waals surface area contributed by atoms with E-state index in [-0.39, 0.29) is 12.1 Å². The molecule has 1 aliphatic rings. The lowest BCUT2D eigenvalue weighted by atomic mass is 10.1. The summed E-state index contributed by atoms with van der Waals surface area (Å²) in [5.74, 6) is 0. The summed E-state index contributed by atoms with van der Waals surface area (Å²) in [6.45, 7) is 6.98. The Morgan fingerprint density at radius 2 is 2.08 bits per heavy atom. The van der Waals surface area contributed by atoms with E-state index in [9.17, 15) is 4.79 Å². The van der Waals surface area contributed by atoms with Crippen molar-refractivity contribution in [1.29, 1.82) is 0 Å². The molecule has 0 radical (unpaired) electrons. The van der Waals surface area contributed by atoms with Crippen LogP contribution in [0.15, 0.2) is 30.6 Å². The van der Waals surface area contributed by atoms with Crippen LogP contribution in [0.25, 0.3) is 10.9 Å². The van der Waals surface area contributed by atoms with E-state index in [1.807, 2.05) is 34.6 Å². The van der Waals surface area contributed by atoms with Crippen LogP contribution in [0.2, 0.25) is 0 Å². The van der Waals surface area contributed by atoms with Crippen molar-refractivity contribution in [3.8, 4) is 0 Å². The lowest BCUT2D eigenvalue weighted by Gasteiger charge is -2.35. The van der Waals surface area contributed by atoms with Crippen molar-refractivity contribution in [3.63, 3.8) is 0 Å². The molecule has 24 heavy (non-hydrogen) atoms. The Kier molecular flexibility index (Phi) is 3.44. The van der Waals surface area contributed by atoms with Crippen molar-refractivity contribution < 1.29 is 4.79 Å². The number of amides is 1. The highest BCUT2D eigenvalue weighted by Crippen LogP contribution is 2.33. The zero-order valence-electron chi connectivity index (χ0n) is 14.3. The molecular weight excluding hydrogens is 300 g/mol. The topological polar surface area (TPSA) is 53.9 Å². The molecule has 0 bridgehead atoms. The molecule has 3 aromatic rings. The monoisotopic (exact) mass is 322 g/mol. The zero-order valence-corrected chi connectivity index (χ0v) is 14.3. The highest BCUT2D eigenvalue weighted by Gasteiger charge is 2.33. The van der Waals surface area contributed by atoms with Crippen LogP contribution in [0.1, 0.15) is 42.0 Å². The van der Waals surface area contributed by atoms with Gasteiger partial charge in [-0.05, 0) is 31.9 Å². The first-order valence-electron chi connectivity index (χ1n) is 8.53. The maximum atomic E-state index is 13.3. The summed E-state index contributed by atoms with van der Waals surface area (Å²) >= 11 is 0. The molecule has 1 aromatic carbocycles. The number of fused-ring (bicyclic) bond motifs is 3. The van der Waals surface area contributed by atoms with Crippen molar-refractivity contribution in [3.05, 3.63) is 53.2 Å². The molecule has 5 nitrogen and oxygen atoms in total. The molecule has 2 aromatic heterocycles. The summed E-state index contributed by atoms with van der Waals surface area (Å²) in [5.41, 5.74) is 5.39. The van der Waals surface area contributed by atoms with E-state index in [1.165, 1.54) is 10.9 Å². The average molecular weight is 322 g/mol. The van der Waals surface area contributed by atoms with Crippen LogP contribution in [0.4, 0.5) is 4.79 Å². The van der Waals surface area contributed by atoms with Crippen LogP contribution >= 0.6 is 0 Å². The van der Waals surface area contributed by atoms with E-state index in [1.54, 1.807) is 6.33 Å². The number of H-pyrrole nitrogens is 1. The minimum Gasteiger partial charge on any atom is -0.348 e. The number of nitrogens with one attached hydrogen (secondary N) is 1. The van der Waals surface area contributed by atoms with Crippen LogP contribution in [0.3, 0.4) is 0 Å². The summed E-state index contributed by atoms with van der Waals surface area (Å²) in [6.07, 6.45) is 3.44. The first kappa shape index (κ1) is 15.0. The number of hydrogen-bond donors (Lipinski definition) is 1. The number of aromatic nitrogens is 3. The molecule has 0 spiro atoms. The summed E-state index contributed by atoms with van der Waals surface area (Å²) in [6, 6.07) is 8.24. The molecule has 0 fully saturated rings. The van der Waals surface area contributed by atoms with Gasteiger partial charge in [0.1, 0.15) is 0 Å².